The maximum absolute atomic E-state index is 5.41. The molecular formula is C13H15BrN4O. The highest BCUT2D eigenvalue weighted by Gasteiger charge is 2.25. The van der Waals surface area contributed by atoms with Gasteiger partial charge in [-0.15, -0.1) is 0 Å². The van der Waals surface area contributed by atoms with Crippen molar-refractivity contribution in [3.63, 3.8) is 0 Å². The van der Waals surface area contributed by atoms with Crippen molar-refractivity contribution >= 4 is 15.9 Å². The van der Waals surface area contributed by atoms with Gasteiger partial charge in [0.25, 0.3) is 0 Å². The molecule has 0 bridgehead atoms. The second-order valence-corrected chi connectivity index (χ2v) is 5.72. The van der Waals surface area contributed by atoms with E-state index in [1.807, 2.05) is 12.1 Å². The van der Waals surface area contributed by atoms with E-state index in [4.69, 9.17) is 4.52 Å². The van der Waals surface area contributed by atoms with E-state index in [1.54, 1.807) is 6.20 Å². The number of aromatic nitrogens is 3. The molecule has 1 aliphatic heterocycles. The van der Waals surface area contributed by atoms with Crippen molar-refractivity contribution in [3.8, 4) is 11.5 Å². The lowest BCUT2D eigenvalue weighted by Crippen LogP contribution is -2.34. The van der Waals surface area contributed by atoms with E-state index in [-0.39, 0.29) is 0 Å². The Bertz CT molecular complexity index is 571. The highest BCUT2D eigenvalue weighted by molar-refractivity contribution is 9.10. The van der Waals surface area contributed by atoms with Crippen LogP contribution in [0.15, 0.2) is 27.3 Å². The average Bonchev–Trinajstić information content (AvgIpc) is 2.89. The van der Waals surface area contributed by atoms with Gasteiger partial charge in [-0.2, -0.15) is 4.98 Å². The number of pyridine rings is 1. The summed E-state index contributed by atoms with van der Waals surface area (Å²) in [6.45, 7) is 3.18. The summed E-state index contributed by atoms with van der Waals surface area (Å²) in [7, 11) is 0. The first-order chi connectivity index (χ1) is 9.24. The first kappa shape index (κ1) is 12.7. The minimum absolute atomic E-state index is 0.347. The number of hydrogen-bond acceptors (Lipinski definition) is 5. The molecule has 6 heteroatoms. The van der Waals surface area contributed by atoms with E-state index < -0.39 is 0 Å². The Morgan fingerprint density at radius 1 is 1.47 bits per heavy atom. The van der Waals surface area contributed by atoms with Crippen LogP contribution in [-0.2, 0) is 0 Å². The number of piperidine rings is 1. The van der Waals surface area contributed by atoms with Crippen molar-refractivity contribution in [2.24, 2.45) is 0 Å². The second kappa shape index (κ2) is 5.38. The van der Waals surface area contributed by atoms with Crippen LogP contribution in [0.3, 0.4) is 0 Å². The van der Waals surface area contributed by atoms with Crippen LogP contribution in [0, 0.1) is 0 Å². The molecule has 0 saturated carbocycles. The molecular weight excluding hydrogens is 308 g/mol. The van der Waals surface area contributed by atoms with Crippen molar-refractivity contribution in [3.05, 3.63) is 28.7 Å². The molecule has 0 amide bonds. The van der Waals surface area contributed by atoms with Gasteiger partial charge in [-0.05, 0) is 54.4 Å². The molecule has 0 aromatic carbocycles. The summed E-state index contributed by atoms with van der Waals surface area (Å²) in [6.07, 6.45) is 3.79. The van der Waals surface area contributed by atoms with Gasteiger partial charge in [-0.1, -0.05) is 5.16 Å². The van der Waals surface area contributed by atoms with Crippen LogP contribution < -0.4 is 5.32 Å². The second-order valence-electron chi connectivity index (χ2n) is 4.87. The molecule has 2 atom stereocenters. The molecule has 3 heterocycles. The molecule has 3 rings (SSSR count). The molecule has 100 valence electrons. The normalized spacial score (nSPS) is 23.5. The molecule has 0 radical (unpaired) electrons. The molecule has 2 aromatic heterocycles. The van der Waals surface area contributed by atoms with Crippen LogP contribution in [0.5, 0.6) is 0 Å². The fourth-order valence-electron chi connectivity index (χ4n) is 2.40. The van der Waals surface area contributed by atoms with Crippen molar-refractivity contribution in [1.29, 1.82) is 0 Å². The summed E-state index contributed by atoms with van der Waals surface area (Å²) < 4.78 is 6.29. The topological polar surface area (TPSA) is 63.8 Å². The van der Waals surface area contributed by atoms with E-state index >= 15 is 0 Å². The smallest absolute Gasteiger partial charge is 0.230 e. The van der Waals surface area contributed by atoms with Gasteiger partial charge in [0.1, 0.15) is 5.69 Å². The minimum atomic E-state index is 0.347. The lowest BCUT2D eigenvalue weighted by molar-refractivity contribution is 0.295. The molecule has 5 nitrogen and oxygen atoms in total. The third-order valence-electron chi connectivity index (χ3n) is 3.38. The maximum atomic E-state index is 5.41. The Morgan fingerprint density at radius 2 is 2.37 bits per heavy atom. The lowest BCUT2D eigenvalue weighted by atomic mass is 9.93. The van der Waals surface area contributed by atoms with Crippen molar-refractivity contribution < 1.29 is 4.52 Å². The standard InChI is InChI=1S/C13H15BrN4O/c1-8-7-9(4-6-15-8)13-17-12(18-19-13)11-10(14)3-2-5-16-11/h2-3,5,8-9,15H,4,6-7H2,1H3. The van der Waals surface area contributed by atoms with Gasteiger partial charge in [0.2, 0.25) is 11.7 Å². The van der Waals surface area contributed by atoms with E-state index in [9.17, 15) is 0 Å². The molecule has 1 N–H and O–H groups in total. The Balaban J connectivity index is 1.85. The minimum Gasteiger partial charge on any atom is -0.339 e. The third-order valence-corrected chi connectivity index (χ3v) is 4.02. The van der Waals surface area contributed by atoms with Crippen LogP contribution in [0.4, 0.5) is 0 Å². The summed E-state index contributed by atoms with van der Waals surface area (Å²) in [4.78, 5) is 8.78. The first-order valence-electron chi connectivity index (χ1n) is 6.42. The Morgan fingerprint density at radius 3 is 3.16 bits per heavy atom. The Hall–Kier alpha value is -1.27. The van der Waals surface area contributed by atoms with Crippen LogP contribution in [0.1, 0.15) is 31.6 Å². The number of nitrogens with zero attached hydrogens (tertiary/aromatic N) is 3. The summed E-state index contributed by atoms with van der Waals surface area (Å²) in [6, 6.07) is 4.28. The van der Waals surface area contributed by atoms with Crippen LogP contribution in [0.25, 0.3) is 11.5 Å². The van der Waals surface area contributed by atoms with Gasteiger partial charge in [-0.25, -0.2) is 0 Å². The summed E-state index contributed by atoms with van der Waals surface area (Å²) >= 11 is 3.45. The SMILES string of the molecule is CC1CC(c2nc(-c3ncccc3Br)no2)CCN1. The fraction of sp³-hybridized carbons (Fsp3) is 0.462. The van der Waals surface area contributed by atoms with Crippen molar-refractivity contribution in [2.75, 3.05) is 6.54 Å². The largest absolute Gasteiger partial charge is 0.339 e. The number of hydrogen-bond donors (Lipinski definition) is 1. The van der Waals surface area contributed by atoms with Crippen LogP contribution in [0.2, 0.25) is 0 Å². The van der Waals surface area contributed by atoms with Crippen molar-refractivity contribution in [2.45, 2.75) is 31.7 Å². The van der Waals surface area contributed by atoms with Crippen LogP contribution >= 0.6 is 15.9 Å². The van der Waals surface area contributed by atoms with Crippen molar-refractivity contribution in [1.82, 2.24) is 20.4 Å². The first-order valence-corrected chi connectivity index (χ1v) is 7.21. The molecule has 1 aliphatic rings. The van der Waals surface area contributed by atoms with E-state index in [2.05, 4.69) is 43.3 Å². The summed E-state index contributed by atoms with van der Waals surface area (Å²) in [5.74, 6) is 1.62. The molecule has 1 saturated heterocycles. The number of halogens is 1. The molecule has 19 heavy (non-hydrogen) atoms. The molecule has 0 spiro atoms. The predicted octanol–water partition coefficient (Wildman–Crippen LogP) is 2.75. The van der Waals surface area contributed by atoms with Crippen LogP contribution in [-0.4, -0.2) is 27.7 Å². The van der Waals surface area contributed by atoms with E-state index in [0.29, 0.717) is 17.8 Å². The summed E-state index contributed by atoms with van der Waals surface area (Å²) in [5, 5.41) is 7.47. The Labute approximate surface area is 119 Å². The van der Waals surface area contributed by atoms with Gasteiger partial charge in [0.15, 0.2) is 0 Å². The maximum Gasteiger partial charge on any atom is 0.230 e. The molecule has 0 aliphatic carbocycles. The monoisotopic (exact) mass is 322 g/mol. The number of rotatable bonds is 2. The zero-order chi connectivity index (χ0) is 13.2. The average molecular weight is 323 g/mol. The van der Waals surface area contributed by atoms with E-state index in [0.717, 1.165) is 35.4 Å². The van der Waals surface area contributed by atoms with Gasteiger partial charge < -0.3 is 9.84 Å². The van der Waals surface area contributed by atoms with E-state index in [1.165, 1.54) is 0 Å². The molecule has 1 fully saturated rings. The zero-order valence-corrected chi connectivity index (χ0v) is 12.2. The highest BCUT2D eigenvalue weighted by atomic mass is 79.9. The zero-order valence-electron chi connectivity index (χ0n) is 10.6. The quantitative estimate of drug-likeness (QED) is 0.921. The molecule has 2 aromatic rings. The van der Waals surface area contributed by atoms with Gasteiger partial charge in [0.05, 0.1) is 0 Å². The lowest BCUT2D eigenvalue weighted by Gasteiger charge is -2.25. The number of nitrogens with one attached hydrogen (secondary N) is 1. The Kier molecular flexibility index (Phi) is 3.61. The predicted molar refractivity (Wildman–Crippen MR) is 74.7 cm³/mol. The third kappa shape index (κ3) is 2.69. The highest BCUT2D eigenvalue weighted by Crippen LogP contribution is 2.29. The molecule has 2 unspecified atom stereocenters. The fourth-order valence-corrected chi connectivity index (χ4v) is 2.84. The summed E-state index contributed by atoms with van der Waals surface area (Å²) in [5.41, 5.74) is 0.722. The van der Waals surface area contributed by atoms with Gasteiger partial charge >= 0.3 is 0 Å². The van der Waals surface area contributed by atoms with Gasteiger partial charge in [0, 0.05) is 22.6 Å². The van der Waals surface area contributed by atoms with Gasteiger partial charge in [-0.3, -0.25) is 4.98 Å².